The van der Waals surface area contributed by atoms with Gasteiger partial charge in [0, 0.05) is 12.8 Å². The van der Waals surface area contributed by atoms with E-state index in [0.717, 1.165) is 57.8 Å². The number of carbonyl (C=O) groups excluding carboxylic acids is 2. The second-order valence-corrected chi connectivity index (χ2v) is 14.0. The van der Waals surface area contributed by atoms with E-state index in [1.54, 1.807) is 0 Å². The molecule has 278 valence electrons. The summed E-state index contributed by atoms with van der Waals surface area (Å²) in [6.45, 7) is 2.15. The summed E-state index contributed by atoms with van der Waals surface area (Å²) < 4.78 is 32.3. The number of unbranched alkanes of at least 4 members (excludes halogenated alkanes) is 19. The summed E-state index contributed by atoms with van der Waals surface area (Å²) in [7, 11) is -4.62. The highest BCUT2D eigenvalue weighted by Gasteiger charge is 2.27. The molecule has 0 bridgehead atoms. The quantitative estimate of drug-likeness (QED) is 0.0254. The van der Waals surface area contributed by atoms with Crippen LogP contribution in [0.4, 0.5) is 0 Å². The van der Waals surface area contributed by atoms with Crippen LogP contribution in [0.15, 0.2) is 12.2 Å². The number of ether oxygens (including phenoxy) is 2. The third-order valence-corrected chi connectivity index (χ3v) is 8.93. The minimum absolute atomic E-state index is 0.185. The first-order valence-corrected chi connectivity index (χ1v) is 20.1. The van der Waals surface area contributed by atoms with E-state index in [1.807, 2.05) is 0 Å². The number of hydrogen-bond donors (Lipinski definition) is 3. The fourth-order valence-electron chi connectivity index (χ4n) is 5.05. The maximum atomic E-state index is 12.3. The van der Waals surface area contributed by atoms with Gasteiger partial charge in [0.15, 0.2) is 0 Å². The fraction of sp³-hybridized carbons (Fsp3) is 0.889. The highest BCUT2D eigenvalue weighted by molar-refractivity contribution is 7.47. The summed E-state index contributed by atoms with van der Waals surface area (Å²) in [4.78, 5) is 34.2. The van der Waals surface area contributed by atoms with Crippen LogP contribution in [-0.4, -0.2) is 65.7 Å². The van der Waals surface area contributed by atoms with Gasteiger partial charge in [-0.25, -0.2) is 4.57 Å². The third-order valence-electron chi connectivity index (χ3n) is 7.98. The van der Waals surface area contributed by atoms with Crippen molar-refractivity contribution in [2.45, 2.75) is 180 Å². The molecule has 0 spiro atoms. The zero-order valence-electron chi connectivity index (χ0n) is 29.8. The lowest BCUT2D eigenvalue weighted by molar-refractivity contribution is -0.153. The fourth-order valence-corrected chi connectivity index (χ4v) is 5.83. The molecule has 0 aromatic carbocycles. The summed E-state index contributed by atoms with van der Waals surface area (Å²) in [6, 6.07) is 0. The van der Waals surface area contributed by atoms with Crippen molar-refractivity contribution < 1.29 is 47.8 Å². The largest absolute Gasteiger partial charge is 0.472 e. The number of rotatable bonds is 35. The molecule has 0 heterocycles. The molecular weight excluding hydrogens is 623 g/mol. The molecule has 11 heteroatoms. The molecule has 0 fully saturated rings. The molecule has 0 aromatic heterocycles. The Morgan fingerprint density at radius 3 is 1.21 bits per heavy atom. The molecule has 0 amide bonds. The summed E-state index contributed by atoms with van der Waals surface area (Å²) in [5.74, 6) is -1.03. The Bertz CT molecular complexity index is 807. The van der Waals surface area contributed by atoms with E-state index < -0.39 is 58.4 Å². The van der Waals surface area contributed by atoms with E-state index in [-0.39, 0.29) is 12.8 Å². The molecule has 0 aromatic rings. The molecule has 3 atom stereocenters. The maximum Gasteiger partial charge on any atom is 0.472 e. The van der Waals surface area contributed by atoms with Crippen LogP contribution in [0.5, 0.6) is 0 Å². The standard InChI is InChI=1S/C36H69O10P/c1-3-5-7-9-11-13-14-15-16-17-18-20-22-24-26-28-36(40)46-34(30-38)32-44-47(41,42)43-31-33(29-37)45-35(39)27-25-23-21-19-12-10-8-6-4-2/h15-16,33-34,37-38H,3-14,17-32H2,1-2H3,(H,41,42)/b16-15-. The van der Waals surface area contributed by atoms with Crippen molar-refractivity contribution >= 4 is 19.8 Å². The van der Waals surface area contributed by atoms with Crippen LogP contribution in [-0.2, 0) is 32.7 Å². The second kappa shape index (κ2) is 33.2. The Kier molecular flexibility index (Phi) is 32.3. The molecule has 0 rings (SSSR count). The summed E-state index contributed by atoms with van der Waals surface area (Å²) in [6.07, 6.45) is 27.7. The number of hydrogen-bond acceptors (Lipinski definition) is 9. The van der Waals surface area contributed by atoms with Gasteiger partial charge >= 0.3 is 19.8 Å². The van der Waals surface area contributed by atoms with Crippen LogP contribution < -0.4 is 0 Å². The Labute approximate surface area is 286 Å². The number of aliphatic hydroxyl groups is 2. The Morgan fingerprint density at radius 1 is 0.553 bits per heavy atom. The van der Waals surface area contributed by atoms with Crippen molar-refractivity contribution in [1.29, 1.82) is 0 Å². The molecule has 0 aliphatic rings. The number of aliphatic hydroxyl groups excluding tert-OH is 2. The summed E-state index contributed by atoms with van der Waals surface area (Å²) in [5.41, 5.74) is 0. The number of allylic oxidation sites excluding steroid dienone is 2. The number of carbonyl (C=O) groups is 2. The van der Waals surface area contributed by atoms with Crippen LogP contribution in [0, 0.1) is 0 Å². The van der Waals surface area contributed by atoms with E-state index in [1.165, 1.54) is 70.6 Å². The van der Waals surface area contributed by atoms with E-state index >= 15 is 0 Å². The summed E-state index contributed by atoms with van der Waals surface area (Å²) >= 11 is 0. The van der Waals surface area contributed by atoms with Gasteiger partial charge in [-0.05, 0) is 38.5 Å². The molecule has 3 N–H and O–H groups in total. The average molecular weight is 693 g/mol. The van der Waals surface area contributed by atoms with Crippen LogP contribution in [0.2, 0.25) is 0 Å². The van der Waals surface area contributed by atoms with Gasteiger partial charge in [-0.2, -0.15) is 0 Å². The Hall–Kier alpha value is -1.29. The van der Waals surface area contributed by atoms with Crippen molar-refractivity contribution in [3.8, 4) is 0 Å². The van der Waals surface area contributed by atoms with Gasteiger partial charge in [-0.1, -0.05) is 129 Å². The normalized spacial score (nSPS) is 14.2. The van der Waals surface area contributed by atoms with E-state index in [0.29, 0.717) is 12.8 Å². The molecule has 0 aliphatic heterocycles. The smallest absolute Gasteiger partial charge is 0.457 e. The lowest BCUT2D eigenvalue weighted by atomic mass is 10.1. The van der Waals surface area contributed by atoms with Crippen LogP contribution in [0.1, 0.15) is 168 Å². The van der Waals surface area contributed by atoms with Crippen molar-refractivity contribution in [2.24, 2.45) is 0 Å². The van der Waals surface area contributed by atoms with Gasteiger partial charge in [0.2, 0.25) is 0 Å². The first kappa shape index (κ1) is 45.7. The minimum atomic E-state index is -4.62. The van der Waals surface area contributed by atoms with Gasteiger partial charge in [0.1, 0.15) is 12.2 Å². The molecule has 0 saturated heterocycles. The van der Waals surface area contributed by atoms with Crippen molar-refractivity contribution in [3.05, 3.63) is 12.2 Å². The Balaban J connectivity index is 3.99. The molecule has 0 aliphatic carbocycles. The minimum Gasteiger partial charge on any atom is -0.457 e. The van der Waals surface area contributed by atoms with Crippen molar-refractivity contribution in [2.75, 3.05) is 26.4 Å². The van der Waals surface area contributed by atoms with E-state index in [9.17, 15) is 29.3 Å². The van der Waals surface area contributed by atoms with Crippen molar-refractivity contribution in [1.82, 2.24) is 0 Å². The third kappa shape index (κ3) is 31.7. The predicted molar refractivity (Wildman–Crippen MR) is 187 cm³/mol. The van der Waals surface area contributed by atoms with E-state index in [4.69, 9.17) is 18.5 Å². The monoisotopic (exact) mass is 692 g/mol. The van der Waals surface area contributed by atoms with Crippen LogP contribution in [0.25, 0.3) is 0 Å². The first-order chi connectivity index (χ1) is 22.8. The average Bonchev–Trinajstić information content (AvgIpc) is 3.05. The molecule has 0 saturated carbocycles. The summed E-state index contributed by atoms with van der Waals surface area (Å²) in [5, 5.41) is 19.0. The van der Waals surface area contributed by atoms with Gasteiger partial charge in [-0.3, -0.25) is 18.6 Å². The van der Waals surface area contributed by atoms with Crippen molar-refractivity contribution in [3.63, 3.8) is 0 Å². The van der Waals surface area contributed by atoms with E-state index in [2.05, 4.69) is 26.0 Å². The number of phosphoric acid groups is 1. The van der Waals surface area contributed by atoms with Gasteiger partial charge < -0.3 is 24.6 Å². The number of phosphoric ester groups is 1. The lowest BCUT2D eigenvalue weighted by Gasteiger charge is -2.20. The zero-order valence-corrected chi connectivity index (χ0v) is 30.6. The zero-order chi connectivity index (χ0) is 34.9. The predicted octanol–water partition coefficient (Wildman–Crippen LogP) is 8.89. The highest BCUT2D eigenvalue weighted by Crippen LogP contribution is 2.43. The molecule has 10 nitrogen and oxygen atoms in total. The highest BCUT2D eigenvalue weighted by atomic mass is 31.2. The molecular formula is C36H69O10P. The molecule has 0 radical (unpaired) electrons. The molecule has 3 unspecified atom stereocenters. The first-order valence-electron chi connectivity index (χ1n) is 18.6. The Morgan fingerprint density at radius 2 is 0.872 bits per heavy atom. The van der Waals surface area contributed by atoms with Crippen LogP contribution in [0.3, 0.4) is 0 Å². The van der Waals surface area contributed by atoms with Gasteiger partial charge in [0.05, 0.1) is 26.4 Å². The number of esters is 2. The van der Waals surface area contributed by atoms with Gasteiger partial charge in [0.25, 0.3) is 0 Å². The van der Waals surface area contributed by atoms with Crippen LogP contribution >= 0.6 is 7.82 Å². The van der Waals surface area contributed by atoms with Gasteiger partial charge in [-0.15, -0.1) is 0 Å². The SMILES string of the molecule is CCCCCCCC/C=C\CCCCCCCC(=O)OC(CO)COP(=O)(O)OCC(CO)OC(=O)CCCCCCCCCCC. The maximum absolute atomic E-state index is 12.3. The lowest BCUT2D eigenvalue weighted by Crippen LogP contribution is -2.28. The molecule has 47 heavy (non-hydrogen) atoms. The topological polar surface area (TPSA) is 149 Å². The second-order valence-electron chi connectivity index (χ2n) is 12.6.